The van der Waals surface area contributed by atoms with Crippen LogP contribution in [0.5, 0.6) is 5.75 Å². The Morgan fingerprint density at radius 2 is 2.38 bits per heavy atom. The van der Waals surface area contributed by atoms with Gasteiger partial charge in [-0.2, -0.15) is 0 Å². The minimum Gasteiger partial charge on any atom is -0.489 e. The number of H-pyrrole nitrogens is 1. The van der Waals surface area contributed by atoms with E-state index >= 15 is 0 Å². The number of anilines is 1. The molecule has 1 aromatic heterocycles. The van der Waals surface area contributed by atoms with Gasteiger partial charge < -0.3 is 24.7 Å². The minimum absolute atomic E-state index is 0.233. The molecular formula is C14H24N4O3. The number of hydrogen-bond acceptors (Lipinski definition) is 6. The van der Waals surface area contributed by atoms with E-state index < -0.39 is 0 Å². The number of rotatable bonds is 7. The van der Waals surface area contributed by atoms with Gasteiger partial charge in [-0.15, -0.1) is 0 Å². The molecule has 0 amide bonds. The maximum atomic E-state index is 11.8. The molecule has 1 aliphatic rings. The maximum absolute atomic E-state index is 11.8. The molecule has 0 aliphatic carbocycles. The third-order valence-corrected chi connectivity index (χ3v) is 3.73. The van der Waals surface area contributed by atoms with Crippen molar-refractivity contribution < 1.29 is 9.47 Å². The lowest BCUT2D eigenvalue weighted by molar-refractivity contribution is 0.197. The van der Waals surface area contributed by atoms with Gasteiger partial charge in [0.1, 0.15) is 0 Å². The Morgan fingerprint density at radius 1 is 1.52 bits per heavy atom. The fraction of sp³-hybridized carbons (Fsp3) is 0.714. The maximum Gasteiger partial charge on any atom is 0.295 e. The first-order valence-electron chi connectivity index (χ1n) is 7.32. The average Bonchev–Trinajstić information content (AvgIpc) is 2.51. The van der Waals surface area contributed by atoms with Crippen LogP contribution in [-0.4, -0.2) is 57.0 Å². The molecule has 7 nitrogen and oxygen atoms in total. The number of aromatic amines is 1. The van der Waals surface area contributed by atoms with Gasteiger partial charge in [0.25, 0.3) is 5.56 Å². The monoisotopic (exact) mass is 296 g/mol. The van der Waals surface area contributed by atoms with Crippen molar-refractivity contribution >= 4 is 5.82 Å². The highest BCUT2D eigenvalue weighted by molar-refractivity contribution is 5.50. The van der Waals surface area contributed by atoms with Crippen LogP contribution in [0.1, 0.15) is 12.8 Å². The summed E-state index contributed by atoms with van der Waals surface area (Å²) in [6.07, 6.45) is 3.71. The SMILES string of the molecule is COCCNCC1CCCN(c2nc[nH]c(=O)c2OC)C1. The lowest BCUT2D eigenvalue weighted by Crippen LogP contribution is -2.41. The molecule has 0 aromatic carbocycles. The third kappa shape index (κ3) is 4.18. The molecule has 0 saturated carbocycles. The number of piperidine rings is 1. The van der Waals surface area contributed by atoms with Gasteiger partial charge in [0.05, 0.1) is 20.0 Å². The van der Waals surface area contributed by atoms with Gasteiger partial charge in [0, 0.05) is 26.7 Å². The Bertz CT molecular complexity index is 491. The number of nitrogens with one attached hydrogen (secondary N) is 2. The topological polar surface area (TPSA) is 79.5 Å². The number of methoxy groups -OCH3 is 2. The fourth-order valence-electron chi connectivity index (χ4n) is 2.69. The van der Waals surface area contributed by atoms with E-state index in [1.807, 2.05) is 0 Å². The van der Waals surface area contributed by atoms with Crippen LogP contribution in [0, 0.1) is 5.92 Å². The van der Waals surface area contributed by atoms with Crippen molar-refractivity contribution in [3.05, 3.63) is 16.7 Å². The van der Waals surface area contributed by atoms with Crippen LogP contribution in [-0.2, 0) is 4.74 Å². The lowest BCUT2D eigenvalue weighted by atomic mass is 9.98. The predicted octanol–water partition coefficient (Wildman–Crippen LogP) is 0.231. The van der Waals surface area contributed by atoms with Gasteiger partial charge in [0.2, 0.25) is 5.75 Å². The second-order valence-corrected chi connectivity index (χ2v) is 5.24. The molecule has 0 bridgehead atoms. The van der Waals surface area contributed by atoms with Crippen molar-refractivity contribution in [2.24, 2.45) is 5.92 Å². The predicted molar refractivity (Wildman–Crippen MR) is 81.1 cm³/mol. The molecule has 1 atom stereocenters. The van der Waals surface area contributed by atoms with E-state index in [0.717, 1.165) is 39.2 Å². The molecule has 2 heterocycles. The van der Waals surface area contributed by atoms with E-state index in [9.17, 15) is 4.79 Å². The van der Waals surface area contributed by atoms with Crippen molar-refractivity contribution in [3.63, 3.8) is 0 Å². The second kappa shape index (κ2) is 7.99. The van der Waals surface area contributed by atoms with Crippen molar-refractivity contribution in [2.75, 3.05) is 51.9 Å². The van der Waals surface area contributed by atoms with Gasteiger partial charge in [-0.1, -0.05) is 0 Å². The molecule has 0 radical (unpaired) electrons. The standard InChI is InChI=1S/C14H24N4O3/c1-20-7-5-15-8-11-4-3-6-18(9-11)13-12(21-2)14(19)17-10-16-13/h10-11,15H,3-9H2,1-2H3,(H,16,17,19). The van der Waals surface area contributed by atoms with Crippen LogP contribution in [0.2, 0.25) is 0 Å². The van der Waals surface area contributed by atoms with E-state index in [4.69, 9.17) is 9.47 Å². The van der Waals surface area contributed by atoms with Gasteiger partial charge in [-0.05, 0) is 25.3 Å². The summed E-state index contributed by atoms with van der Waals surface area (Å²) in [5.74, 6) is 1.48. The summed E-state index contributed by atoms with van der Waals surface area (Å²) in [4.78, 5) is 20.7. The van der Waals surface area contributed by atoms with Crippen molar-refractivity contribution in [2.45, 2.75) is 12.8 Å². The van der Waals surface area contributed by atoms with Crippen LogP contribution in [0.4, 0.5) is 5.82 Å². The summed E-state index contributed by atoms with van der Waals surface area (Å²) in [5.41, 5.74) is -0.233. The van der Waals surface area contributed by atoms with Crippen LogP contribution in [0.3, 0.4) is 0 Å². The first-order valence-corrected chi connectivity index (χ1v) is 7.32. The number of aromatic nitrogens is 2. The van der Waals surface area contributed by atoms with Crippen LogP contribution >= 0.6 is 0 Å². The Hall–Kier alpha value is -1.60. The molecule has 1 fully saturated rings. The summed E-state index contributed by atoms with van der Waals surface area (Å²) < 4.78 is 10.2. The number of ether oxygens (including phenoxy) is 2. The fourth-order valence-corrected chi connectivity index (χ4v) is 2.69. The zero-order valence-electron chi connectivity index (χ0n) is 12.7. The normalized spacial score (nSPS) is 18.8. The van der Waals surface area contributed by atoms with E-state index in [1.165, 1.54) is 19.9 Å². The molecular weight excluding hydrogens is 272 g/mol. The third-order valence-electron chi connectivity index (χ3n) is 3.73. The van der Waals surface area contributed by atoms with Gasteiger partial charge in [0.15, 0.2) is 5.82 Å². The zero-order valence-corrected chi connectivity index (χ0v) is 12.7. The molecule has 118 valence electrons. The number of hydrogen-bond donors (Lipinski definition) is 2. The molecule has 1 unspecified atom stereocenters. The van der Waals surface area contributed by atoms with Crippen molar-refractivity contribution in [3.8, 4) is 5.75 Å². The summed E-state index contributed by atoms with van der Waals surface area (Å²) in [6, 6.07) is 0. The Morgan fingerprint density at radius 3 is 3.14 bits per heavy atom. The first kappa shape index (κ1) is 15.8. The molecule has 1 saturated heterocycles. The molecule has 1 aromatic rings. The van der Waals surface area contributed by atoms with E-state index in [1.54, 1.807) is 7.11 Å². The Kier molecular flexibility index (Phi) is 6.01. The molecule has 21 heavy (non-hydrogen) atoms. The van der Waals surface area contributed by atoms with E-state index in [-0.39, 0.29) is 5.56 Å². The highest BCUT2D eigenvalue weighted by Crippen LogP contribution is 2.26. The van der Waals surface area contributed by atoms with Gasteiger partial charge in [-0.3, -0.25) is 4.79 Å². The molecule has 2 N–H and O–H groups in total. The summed E-state index contributed by atoms with van der Waals surface area (Å²) in [6.45, 7) is 4.32. The minimum atomic E-state index is -0.233. The van der Waals surface area contributed by atoms with Crippen LogP contribution < -0.4 is 20.5 Å². The molecule has 2 rings (SSSR count). The van der Waals surface area contributed by atoms with Crippen molar-refractivity contribution in [1.29, 1.82) is 0 Å². The molecule has 0 spiro atoms. The quantitative estimate of drug-likeness (QED) is 0.701. The van der Waals surface area contributed by atoms with Crippen molar-refractivity contribution in [1.82, 2.24) is 15.3 Å². The smallest absolute Gasteiger partial charge is 0.295 e. The van der Waals surface area contributed by atoms with E-state index in [2.05, 4.69) is 20.2 Å². The Balaban J connectivity index is 1.98. The first-order chi connectivity index (χ1) is 10.3. The number of nitrogens with zero attached hydrogens (tertiary/aromatic N) is 2. The Labute approximate surface area is 124 Å². The average molecular weight is 296 g/mol. The van der Waals surface area contributed by atoms with Gasteiger partial charge in [-0.25, -0.2) is 4.98 Å². The van der Waals surface area contributed by atoms with Crippen LogP contribution in [0.25, 0.3) is 0 Å². The highest BCUT2D eigenvalue weighted by Gasteiger charge is 2.24. The molecule has 1 aliphatic heterocycles. The van der Waals surface area contributed by atoms with Crippen LogP contribution in [0.15, 0.2) is 11.1 Å². The largest absolute Gasteiger partial charge is 0.489 e. The lowest BCUT2D eigenvalue weighted by Gasteiger charge is -2.34. The highest BCUT2D eigenvalue weighted by atomic mass is 16.5. The zero-order chi connectivity index (χ0) is 15.1. The molecule has 7 heteroatoms. The second-order valence-electron chi connectivity index (χ2n) is 5.24. The van der Waals surface area contributed by atoms with E-state index in [0.29, 0.717) is 17.5 Å². The summed E-state index contributed by atoms with van der Waals surface area (Å²) >= 11 is 0. The van der Waals surface area contributed by atoms with Gasteiger partial charge >= 0.3 is 0 Å². The summed E-state index contributed by atoms with van der Waals surface area (Å²) in [5, 5.41) is 3.40. The summed E-state index contributed by atoms with van der Waals surface area (Å²) in [7, 11) is 3.21.